The van der Waals surface area contributed by atoms with Crippen LogP contribution in [0.15, 0.2) is 24.3 Å². The lowest BCUT2D eigenvalue weighted by atomic mass is 9.81. The number of hydrogen-bond acceptors (Lipinski definition) is 2. The quantitative estimate of drug-likeness (QED) is 0.888. The number of hydrogen-bond donors (Lipinski definition) is 1. The van der Waals surface area contributed by atoms with Crippen LogP contribution in [0.4, 0.5) is 5.82 Å². The zero-order valence-corrected chi connectivity index (χ0v) is 11.3. The Kier molecular flexibility index (Phi) is 2.40. The third kappa shape index (κ3) is 1.61. The average Bonchev–Trinajstić information content (AvgIpc) is 2.92. The van der Waals surface area contributed by atoms with E-state index in [1.165, 1.54) is 47.6 Å². The minimum atomic E-state index is 0.707. The fraction of sp³-hybridized carbons (Fsp3) is 0.438. The summed E-state index contributed by atoms with van der Waals surface area (Å²) < 4.78 is 2.13. The van der Waals surface area contributed by atoms with Crippen molar-refractivity contribution in [2.24, 2.45) is 0 Å². The SMILES string of the molecule is Cc1ccccc1-n1nc(C2CCC2)c2c1NCC2. The van der Waals surface area contributed by atoms with Crippen LogP contribution in [0, 0.1) is 6.92 Å². The lowest BCUT2D eigenvalue weighted by Gasteiger charge is -2.24. The molecule has 3 heteroatoms. The Hall–Kier alpha value is -1.77. The van der Waals surface area contributed by atoms with Crippen molar-refractivity contribution in [3.63, 3.8) is 0 Å². The van der Waals surface area contributed by atoms with E-state index in [9.17, 15) is 0 Å². The predicted molar refractivity (Wildman–Crippen MR) is 77.1 cm³/mol. The molecule has 2 heterocycles. The Morgan fingerprint density at radius 3 is 2.84 bits per heavy atom. The van der Waals surface area contributed by atoms with Crippen molar-refractivity contribution in [1.82, 2.24) is 9.78 Å². The van der Waals surface area contributed by atoms with E-state index in [-0.39, 0.29) is 0 Å². The Balaban J connectivity index is 1.87. The van der Waals surface area contributed by atoms with Crippen molar-refractivity contribution in [1.29, 1.82) is 0 Å². The van der Waals surface area contributed by atoms with Crippen LogP contribution in [-0.2, 0) is 6.42 Å². The van der Waals surface area contributed by atoms with Gasteiger partial charge in [0.2, 0.25) is 0 Å². The molecule has 19 heavy (non-hydrogen) atoms. The highest BCUT2D eigenvalue weighted by atomic mass is 15.3. The van der Waals surface area contributed by atoms with Crippen LogP contribution in [0.3, 0.4) is 0 Å². The molecule has 0 amide bonds. The largest absolute Gasteiger partial charge is 0.369 e. The Labute approximate surface area is 113 Å². The molecule has 0 atom stereocenters. The first-order valence-corrected chi connectivity index (χ1v) is 7.26. The third-order valence-corrected chi connectivity index (χ3v) is 4.52. The smallest absolute Gasteiger partial charge is 0.133 e. The molecule has 2 aromatic rings. The predicted octanol–water partition coefficient (Wildman–Crippen LogP) is 3.42. The van der Waals surface area contributed by atoms with Gasteiger partial charge in [0.1, 0.15) is 5.82 Å². The monoisotopic (exact) mass is 253 g/mol. The first kappa shape index (κ1) is 11.1. The molecule has 1 fully saturated rings. The Morgan fingerprint density at radius 1 is 1.26 bits per heavy atom. The molecule has 0 bridgehead atoms. The number of fused-ring (bicyclic) bond motifs is 1. The number of aryl methyl sites for hydroxylation is 1. The number of anilines is 1. The number of nitrogens with one attached hydrogen (secondary N) is 1. The van der Waals surface area contributed by atoms with Crippen LogP contribution in [0.25, 0.3) is 5.69 Å². The second-order valence-corrected chi connectivity index (χ2v) is 5.72. The fourth-order valence-electron chi connectivity index (χ4n) is 3.19. The standard InChI is InChI=1S/C16H19N3/c1-11-5-2-3-8-14(11)19-16-13(9-10-17-16)15(18-19)12-6-4-7-12/h2-3,5,8,12,17H,4,6-7,9-10H2,1H3. The van der Waals surface area contributed by atoms with Gasteiger partial charge in [-0.25, -0.2) is 4.68 Å². The fourth-order valence-corrected chi connectivity index (χ4v) is 3.19. The van der Waals surface area contributed by atoms with Gasteiger partial charge in [-0.15, -0.1) is 0 Å². The first-order chi connectivity index (χ1) is 9.34. The molecular weight excluding hydrogens is 234 g/mol. The van der Waals surface area contributed by atoms with E-state index < -0.39 is 0 Å². The molecule has 0 unspecified atom stereocenters. The number of nitrogens with zero attached hydrogens (tertiary/aromatic N) is 2. The van der Waals surface area contributed by atoms with Crippen LogP contribution in [-0.4, -0.2) is 16.3 Å². The minimum absolute atomic E-state index is 0.707. The van der Waals surface area contributed by atoms with Crippen molar-refractivity contribution in [3.8, 4) is 5.69 Å². The van der Waals surface area contributed by atoms with E-state index in [0.717, 1.165) is 13.0 Å². The van der Waals surface area contributed by atoms with E-state index in [2.05, 4.69) is 41.2 Å². The molecule has 98 valence electrons. The maximum atomic E-state index is 4.94. The van der Waals surface area contributed by atoms with Gasteiger partial charge in [-0.1, -0.05) is 24.6 Å². The molecule has 0 spiro atoms. The summed E-state index contributed by atoms with van der Waals surface area (Å²) in [5.74, 6) is 1.94. The molecule has 1 N–H and O–H groups in total. The van der Waals surface area contributed by atoms with Gasteiger partial charge in [0, 0.05) is 18.0 Å². The number of para-hydroxylation sites is 1. The van der Waals surface area contributed by atoms with Crippen LogP contribution in [0.2, 0.25) is 0 Å². The summed E-state index contributed by atoms with van der Waals surface area (Å²) in [5, 5.41) is 8.46. The van der Waals surface area contributed by atoms with Crippen LogP contribution < -0.4 is 5.32 Å². The maximum absolute atomic E-state index is 4.94. The summed E-state index contributed by atoms with van der Waals surface area (Å²) in [6.07, 6.45) is 5.13. The third-order valence-electron chi connectivity index (χ3n) is 4.52. The van der Waals surface area contributed by atoms with E-state index in [1.807, 2.05) is 0 Å². The van der Waals surface area contributed by atoms with Crippen molar-refractivity contribution in [2.75, 3.05) is 11.9 Å². The highest BCUT2D eigenvalue weighted by Crippen LogP contribution is 2.41. The lowest BCUT2D eigenvalue weighted by Crippen LogP contribution is -2.12. The Morgan fingerprint density at radius 2 is 2.11 bits per heavy atom. The van der Waals surface area contributed by atoms with Crippen LogP contribution in [0.5, 0.6) is 0 Å². The molecular formula is C16H19N3. The van der Waals surface area contributed by atoms with Gasteiger partial charge in [0.15, 0.2) is 0 Å². The van der Waals surface area contributed by atoms with Gasteiger partial charge in [-0.3, -0.25) is 0 Å². The molecule has 2 aliphatic rings. The van der Waals surface area contributed by atoms with Gasteiger partial charge < -0.3 is 5.32 Å². The van der Waals surface area contributed by atoms with Crippen molar-refractivity contribution >= 4 is 5.82 Å². The van der Waals surface area contributed by atoms with E-state index in [1.54, 1.807) is 0 Å². The lowest BCUT2D eigenvalue weighted by molar-refractivity contribution is 0.407. The average molecular weight is 253 g/mol. The first-order valence-electron chi connectivity index (χ1n) is 7.26. The summed E-state index contributed by atoms with van der Waals surface area (Å²) in [5.41, 5.74) is 5.31. The number of aromatic nitrogens is 2. The molecule has 1 aliphatic heterocycles. The number of benzene rings is 1. The van der Waals surface area contributed by atoms with Gasteiger partial charge in [-0.2, -0.15) is 5.10 Å². The van der Waals surface area contributed by atoms with Crippen molar-refractivity contribution in [3.05, 3.63) is 41.1 Å². The zero-order valence-electron chi connectivity index (χ0n) is 11.3. The van der Waals surface area contributed by atoms with Crippen LogP contribution in [0.1, 0.15) is 42.0 Å². The highest BCUT2D eigenvalue weighted by Gasteiger charge is 2.30. The minimum Gasteiger partial charge on any atom is -0.369 e. The summed E-state index contributed by atoms with van der Waals surface area (Å²) in [7, 11) is 0. The summed E-state index contributed by atoms with van der Waals surface area (Å²) >= 11 is 0. The maximum Gasteiger partial charge on any atom is 0.133 e. The molecule has 0 saturated heterocycles. The van der Waals surface area contributed by atoms with Gasteiger partial charge in [0.25, 0.3) is 0 Å². The second kappa shape index (κ2) is 4.12. The van der Waals surface area contributed by atoms with Gasteiger partial charge in [0.05, 0.1) is 11.4 Å². The van der Waals surface area contributed by atoms with Gasteiger partial charge in [-0.05, 0) is 37.8 Å². The molecule has 3 nitrogen and oxygen atoms in total. The zero-order chi connectivity index (χ0) is 12.8. The summed E-state index contributed by atoms with van der Waals surface area (Å²) in [4.78, 5) is 0. The molecule has 0 radical (unpaired) electrons. The molecule has 1 aromatic heterocycles. The molecule has 1 aromatic carbocycles. The summed E-state index contributed by atoms with van der Waals surface area (Å²) in [6.45, 7) is 3.21. The highest BCUT2D eigenvalue weighted by molar-refractivity contribution is 5.59. The molecule has 1 saturated carbocycles. The van der Waals surface area contributed by atoms with E-state index in [4.69, 9.17) is 5.10 Å². The summed E-state index contributed by atoms with van der Waals surface area (Å²) in [6, 6.07) is 8.49. The van der Waals surface area contributed by atoms with Gasteiger partial charge >= 0.3 is 0 Å². The number of rotatable bonds is 2. The van der Waals surface area contributed by atoms with E-state index in [0.29, 0.717) is 5.92 Å². The van der Waals surface area contributed by atoms with E-state index >= 15 is 0 Å². The van der Waals surface area contributed by atoms with Crippen molar-refractivity contribution < 1.29 is 0 Å². The molecule has 1 aliphatic carbocycles. The Bertz CT molecular complexity index is 623. The topological polar surface area (TPSA) is 29.9 Å². The normalized spacial score (nSPS) is 17.9. The second-order valence-electron chi connectivity index (χ2n) is 5.72. The van der Waals surface area contributed by atoms with Crippen LogP contribution >= 0.6 is 0 Å². The van der Waals surface area contributed by atoms with Crippen molar-refractivity contribution in [2.45, 2.75) is 38.5 Å². The molecule has 4 rings (SSSR count).